The van der Waals surface area contributed by atoms with Gasteiger partial charge < -0.3 is 20.1 Å². The van der Waals surface area contributed by atoms with Crippen molar-refractivity contribution in [2.24, 2.45) is 0 Å². The second-order valence-electron chi connectivity index (χ2n) is 8.91. The molecule has 182 valence electrons. The zero-order chi connectivity index (χ0) is 24.7. The molecule has 0 amide bonds. The topological polar surface area (TPSA) is 42.5 Å². The Morgan fingerprint density at radius 2 is 1.14 bits per heavy atom. The van der Waals surface area contributed by atoms with Gasteiger partial charge in [0.2, 0.25) is 0 Å². The summed E-state index contributed by atoms with van der Waals surface area (Å²) in [5.41, 5.74) is 4.79. The highest BCUT2D eigenvalue weighted by molar-refractivity contribution is 5.88. The minimum Gasteiger partial charge on any atom is -0.496 e. The van der Waals surface area contributed by atoms with Crippen molar-refractivity contribution >= 4 is 27.2 Å². The van der Waals surface area contributed by atoms with Crippen LogP contribution in [0.2, 0.25) is 0 Å². The molecule has 36 heavy (non-hydrogen) atoms. The number of anilines is 1. The zero-order valence-corrected chi connectivity index (χ0v) is 20.9. The summed E-state index contributed by atoms with van der Waals surface area (Å²) in [6.45, 7) is 2.38. The number of hydrogen-bond donors (Lipinski definition) is 2. The van der Waals surface area contributed by atoms with Crippen molar-refractivity contribution in [2.45, 2.75) is 19.5 Å². The summed E-state index contributed by atoms with van der Waals surface area (Å²) in [6, 6.07) is 33.9. The molecule has 0 heterocycles. The van der Waals surface area contributed by atoms with Crippen LogP contribution in [0.4, 0.5) is 5.69 Å². The summed E-state index contributed by atoms with van der Waals surface area (Å²) < 4.78 is 11.3. The van der Waals surface area contributed by atoms with Gasteiger partial charge in [0, 0.05) is 29.9 Å². The molecule has 0 atom stereocenters. The molecule has 0 saturated heterocycles. The van der Waals surface area contributed by atoms with Gasteiger partial charge in [0.05, 0.1) is 14.2 Å². The molecule has 0 unspecified atom stereocenters. The van der Waals surface area contributed by atoms with Gasteiger partial charge >= 0.3 is 0 Å². The van der Waals surface area contributed by atoms with Crippen molar-refractivity contribution in [1.29, 1.82) is 0 Å². The maximum atomic E-state index is 5.63. The number of ether oxygens (including phenoxy) is 2. The minimum atomic E-state index is 0.707. The molecular formula is C32H32N2O2. The fraction of sp³-hybridized carbons (Fsp3) is 0.188. The Morgan fingerprint density at radius 3 is 1.72 bits per heavy atom. The van der Waals surface area contributed by atoms with Crippen LogP contribution < -0.4 is 20.1 Å². The van der Waals surface area contributed by atoms with Crippen LogP contribution in [-0.4, -0.2) is 20.8 Å². The van der Waals surface area contributed by atoms with Crippen molar-refractivity contribution in [3.63, 3.8) is 0 Å². The van der Waals surface area contributed by atoms with Crippen molar-refractivity contribution in [3.05, 3.63) is 114 Å². The highest BCUT2D eigenvalue weighted by atomic mass is 16.5. The maximum Gasteiger partial charge on any atom is 0.124 e. The standard InChI is InChI=1S/C32H32N2O2/c1-35-31-17-13-24-7-3-5-9-27(24)29(31)21-33-20-19-23-11-15-26(16-12-23)34-22-30-28-10-6-4-8-25(28)14-18-32(30)36-2/h3-18,33-34H,19-22H2,1-2H3. The van der Waals surface area contributed by atoms with E-state index in [1.54, 1.807) is 14.2 Å². The first-order chi connectivity index (χ1) is 17.8. The van der Waals surface area contributed by atoms with E-state index in [0.717, 1.165) is 36.7 Å². The molecule has 5 aromatic carbocycles. The normalized spacial score (nSPS) is 11.1. The van der Waals surface area contributed by atoms with E-state index in [0.29, 0.717) is 6.54 Å². The molecule has 5 aromatic rings. The lowest BCUT2D eigenvalue weighted by atomic mass is 10.0. The Balaban J connectivity index is 1.18. The second-order valence-corrected chi connectivity index (χ2v) is 8.91. The van der Waals surface area contributed by atoms with E-state index in [1.807, 2.05) is 6.07 Å². The zero-order valence-electron chi connectivity index (χ0n) is 20.9. The molecular weight excluding hydrogens is 444 g/mol. The lowest BCUT2D eigenvalue weighted by Crippen LogP contribution is -2.17. The Morgan fingerprint density at radius 1 is 0.583 bits per heavy atom. The van der Waals surface area contributed by atoms with Gasteiger partial charge in [0.1, 0.15) is 11.5 Å². The third kappa shape index (κ3) is 5.14. The molecule has 0 aliphatic heterocycles. The number of rotatable bonds is 10. The molecule has 0 radical (unpaired) electrons. The summed E-state index contributed by atoms with van der Waals surface area (Å²) in [5.74, 6) is 1.84. The quantitative estimate of drug-likeness (QED) is 0.214. The third-order valence-corrected chi connectivity index (χ3v) is 6.75. The van der Waals surface area contributed by atoms with Gasteiger partial charge in [-0.2, -0.15) is 0 Å². The average molecular weight is 477 g/mol. The van der Waals surface area contributed by atoms with E-state index in [9.17, 15) is 0 Å². The van der Waals surface area contributed by atoms with Crippen LogP contribution in [0.15, 0.2) is 97.1 Å². The van der Waals surface area contributed by atoms with Gasteiger partial charge in [-0.05, 0) is 64.3 Å². The molecule has 2 N–H and O–H groups in total. The summed E-state index contributed by atoms with van der Waals surface area (Å²) in [4.78, 5) is 0. The van der Waals surface area contributed by atoms with Gasteiger partial charge in [0.15, 0.2) is 0 Å². The fourth-order valence-corrected chi connectivity index (χ4v) is 4.80. The van der Waals surface area contributed by atoms with E-state index in [2.05, 4.69) is 102 Å². The van der Waals surface area contributed by atoms with Crippen LogP contribution >= 0.6 is 0 Å². The van der Waals surface area contributed by atoms with Gasteiger partial charge in [0.25, 0.3) is 0 Å². The molecule has 5 rings (SSSR count). The molecule has 0 aliphatic carbocycles. The van der Waals surface area contributed by atoms with Crippen LogP contribution in [0.1, 0.15) is 16.7 Å². The highest BCUT2D eigenvalue weighted by Gasteiger charge is 2.09. The van der Waals surface area contributed by atoms with E-state index >= 15 is 0 Å². The molecule has 0 fully saturated rings. The number of fused-ring (bicyclic) bond motifs is 2. The molecule has 0 saturated carbocycles. The van der Waals surface area contributed by atoms with Crippen molar-refractivity contribution in [2.75, 3.05) is 26.1 Å². The van der Waals surface area contributed by atoms with E-state index < -0.39 is 0 Å². The number of methoxy groups -OCH3 is 2. The predicted octanol–water partition coefficient (Wildman–Crippen LogP) is 6.95. The molecule has 0 aromatic heterocycles. The Bertz CT molecular complexity index is 1460. The number of hydrogen-bond acceptors (Lipinski definition) is 4. The molecule has 0 spiro atoms. The third-order valence-electron chi connectivity index (χ3n) is 6.75. The number of nitrogens with one attached hydrogen (secondary N) is 2. The lowest BCUT2D eigenvalue weighted by Gasteiger charge is -2.14. The first-order valence-corrected chi connectivity index (χ1v) is 12.4. The van der Waals surface area contributed by atoms with Crippen LogP contribution in [0.3, 0.4) is 0 Å². The molecule has 0 bridgehead atoms. The highest BCUT2D eigenvalue weighted by Crippen LogP contribution is 2.29. The average Bonchev–Trinajstić information content (AvgIpc) is 2.94. The Kier molecular flexibility index (Phi) is 7.34. The van der Waals surface area contributed by atoms with E-state index in [4.69, 9.17) is 9.47 Å². The van der Waals surface area contributed by atoms with E-state index in [-0.39, 0.29) is 0 Å². The van der Waals surface area contributed by atoms with Gasteiger partial charge in [-0.3, -0.25) is 0 Å². The summed E-state index contributed by atoms with van der Waals surface area (Å²) >= 11 is 0. The summed E-state index contributed by atoms with van der Waals surface area (Å²) in [7, 11) is 3.46. The smallest absolute Gasteiger partial charge is 0.124 e. The summed E-state index contributed by atoms with van der Waals surface area (Å²) in [6.07, 6.45) is 0.963. The first kappa shape index (κ1) is 23.7. The van der Waals surface area contributed by atoms with Crippen molar-refractivity contribution in [3.8, 4) is 11.5 Å². The lowest BCUT2D eigenvalue weighted by molar-refractivity contribution is 0.409. The van der Waals surface area contributed by atoms with Gasteiger partial charge in [-0.25, -0.2) is 0 Å². The van der Waals surface area contributed by atoms with Crippen LogP contribution in [0, 0.1) is 0 Å². The van der Waals surface area contributed by atoms with Crippen molar-refractivity contribution < 1.29 is 9.47 Å². The SMILES string of the molecule is COc1ccc2ccccc2c1CNCCc1ccc(NCc2c(OC)ccc3ccccc23)cc1. The molecule has 0 aliphatic rings. The van der Waals surface area contributed by atoms with Gasteiger partial charge in [-0.15, -0.1) is 0 Å². The Hall–Kier alpha value is -4.02. The monoisotopic (exact) mass is 476 g/mol. The first-order valence-electron chi connectivity index (χ1n) is 12.4. The molecule has 4 heteroatoms. The largest absolute Gasteiger partial charge is 0.496 e. The van der Waals surface area contributed by atoms with Crippen LogP contribution in [0.5, 0.6) is 11.5 Å². The van der Waals surface area contributed by atoms with E-state index in [1.165, 1.54) is 38.2 Å². The maximum absolute atomic E-state index is 5.63. The summed E-state index contributed by atoms with van der Waals surface area (Å²) in [5, 5.41) is 12.1. The molecule has 4 nitrogen and oxygen atoms in total. The fourth-order valence-electron chi connectivity index (χ4n) is 4.80. The van der Waals surface area contributed by atoms with Gasteiger partial charge in [-0.1, -0.05) is 72.8 Å². The minimum absolute atomic E-state index is 0.707. The van der Waals surface area contributed by atoms with Crippen LogP contribution in [0.25, 0.3) is 21.5 Å². The van der Waals surface area contributed by atoms with Crippen LogP contribution in [-0.2, 0) is 19.5 Å². The van der Waals surface area contributed by atoms with Crippen molar-refractivity contribution in [1.82, 2.24) is 5.32 Å². The Labute approximate surface area is 212 Å². The number of benzene rings is 5. The second kappa shape index (κ2) is 11.1. The predicted molar refractivity (Wildman–Crippen MR) is 150 cm³/mol.